The van der Waals surface area contributed by atoms with Gasteiger partial charge in [-0.05, 0) is 39.8 Å². The molecule has 0 bridgehead atoms. The van der Waals surface area contributed by atoms with E-state index in [-0.39, 0.29) is 22.8 Å². The fourth-order valence-corrected chi connectivity index (χ4v) is 1.76. The lowest BCUT2D eigenvalue weighted by atomic mass is 10.1. The summed E-state index contributed by atoms with van der Waals surface area (Å²) >= 11 is 0. The molecule has 0 aliphatic heterocycles. The van der Waals surface area contributed by atoms with Crippen LogP contribution in [-0.4, -0.2) is 42.1 Å². The van der Waals surface area contributed by atoms with Crippen LogP contribution in [-0.2, 0) is 0 Å². The number of phenolic OH excluding ortho intramolecular Hbond substituents is 1. The van der Waals surface area contributed by atoms with E-state index in [9.17, 15) is 9.90 Å². The third-order valence-corrected chi connectivity index (χ3v) is 2.65. The molecule has 0 unspecified atom stereocenters. The second kappa shape index (κ2) is 8.26. The number of rotatable bonds is 5. The van der Waals surface area contributed by atoms with Crippen LogP contribution in [0.15, 0.2) is 29.3 Å². The molecule has 0 fully saturated rings. The van der Waals surface area contributed by atoms with Gasteiger partial charge in [0.1, 0.15) is 5.75 Å². The predicted molar refractivity (Wildman–Crippen MR) is 89.3 cm³/mol. The van der Waals surface area contributed by atoms with Crippen molar-refractivity contribution in [3.05, 3.63) is 29.8 Å². The lowest BCUT2D eigenvalue weighted by molar-refractivity contribution is 0.0952. The molecule has 6 nitrogen and oxygen atoms in total. The van der Waals surface area contributed by atoms with Crippen LogP contribution >= 0.6 is 0 Å². The summed E-state index contributed by atoms with van der Waals surface area (Å²) in [6.07, 6.45) is 0. The Morgan fingerprint density at radius 2 is 1.91 bits per heavy atom. The highest BCUT2D eigenvalue weighted by atomic mass is 16.3. The van der Waals surface area contributed by atoms with Gasteiger partial charge in [0.2, 0.25) is 0 Å². The summed E-state index contributed by atoms with van der Waals surface area (Å²) in [5.41, 5.74) is 0.186. The first-order chi connectivity index (χ1) is 10.3. The van der Waals surface area contributed by atoms with Crippen LogP contribution in [0, 0.1) is 0 Å². The number of hydrogen-bond acceptors (Lipinski definition) is 3. The number of guanidine groups is 1. The average molecular weight is 306 g/mol. The van der Waals surface area contributed by atoms with Crippen molar-refractivity contribution >= 4 is 11.9 Å². The van der Waals surface area contributed by atoms with E-state index < -0.39 is 0 Å². The Bertz CT molecular complexity index is 521. The molecule has 0 aliphatic carbocycles. The van der Waals surface area contributed by atoms with E-state index in [0.29, 0.717) is 19.0 Å². The van der Waals surface area contributed by atoms with E-state index in [1.807, 2.05) is 6.92 Å². The molecule has 6 heteroatoms. The Hall–Kier alpha value is -2.24. The van der Waals surface area contributed by atoms with Crippen LogP contribution in [0.2, 0.25) is 0 Å². The molecule has 122 valence electrons. The normalized spacial score (nSPS) is 11.9. The van der Waals surface area contributed by atoms with Gasteiger partial charge in [-0.25, -0.2) is 0 Å². The van der Waals surface area contributed by atoms with Gasteiger partial charge < -0.3 is 21.1 Å². The highest BCUT2D eigenvalue weighted by Gasteiger charge is 2.12. The number of phenols is 1. The minimum atomic E-state index is -0.304. The van der Waals surface area contributed by atoms with Crippen molar-refractivity contribution in [3.8, 4) is 5.75 Å². The molecule has 1 aromatic carbocycles. The number of nitrogens with zero attached hydrogens (tertiary/aromatic N) is 1. The summed E-state index contributed by atoms with van der Waals surface area (Å²) in [5, 5.41) is 18.8. The van der Waals surface area contributed by atoms with Gasteiger partial charge in [0.25, 0.3) is 5.91 Å². The second-order valence-corrected chi connectivity index (χ2v) is 5.91. The Kier molecular flexibility index (Phi) is 6.69. The monoisotopic (exact) mass is 306 g/mol. The molecular formula is C16H26N4O2. The SMILES string of the molecule is CCNC(=NCCNC(=O)c1ccccc1O)NC(C)(C)C. The molecule has 0 spiro atoms. The van der Waals surface area contributed by atoms with Gasteiger partial charge in [-0.1, -0.05) is 12.1 Å². The Morgan fingerprint density at radius 3 is 2.50 bits per heavy atom. The topological polar surface area (TPSA) is 85.8 Å². The fourth-order valence-electron chi connectivity index (χ4n) is 1.76. The quantitative estimate of drug-likeness (QED) is 0.377. The molecule has 22 heavy (non-hydrogen) atoms. The number of carbonyl (C=O) groups is 1. The lowest BCUT2D eigenvalue weighted by Gasteiger charge is -2.23. The van der Waals surface area contributed by atoms with Crippen molar-refractivity contribution in [1.82, 2.24) is 16.0 Å². The molecule has 4 N–H and O–H groups in total. The van der Waals surface area contributed by atoms with E-state index >= 15 is 0 Å². The van der Waals surface area contributed by atoms with Gasteiger partial charge in [0, 0.05) is 18.6 Å². The van der Waals surface area contributed by atoms with Gasteiger partial charge in [0.15, 0.2) is 5.96 Å². The van der Waals surface area contributed by atoms with Crippen LogP contribution in [0.3, 0.4) is 0 Å². The number of aromatic hydroxyl groups is 1. The van der Waals surface area contributed by atoms with Crippen LogP contribution in [0.4, 0.5) is 0 Å². The second-order valence-electron chi connectivity index (χ2n) is 5.91. The van der Waals surface area contributed by atoms with Gasteiger partial charge in [0.05, 0.1) is 12.1 Å². The van der Waals surface area contributed by atoms with Crippen molar-refractivity contribution in [2.45, 2.75) is 33.2 Å². The minimum absolute atomic E-state index is 0.0220. The standard InChI is InChI=1S/C16H26N4O2/c1-5-17-15(20-16(2,3)4)19-11-10-18-14(22)12-8-6-7-9-13(12)21/h6-9,21H,5,10-11H2,1-4H3,(H,18,22)(H2,17,19,20). The average Bonchev–Trinajstić information content (AvgIpc) is 2.42. The largest absolute Gasteiger partial charge is 0.507 e. The van der Waals surface area contributed by atoms with Crippen LogP contribution in [0.1, 0.15) is 38.1 Å². The maximum atomic E-state index is 11.9. The highest BCUT2D eigenvalue weighted by molar-refractivity contribution is 5.96. The summed E-state index contributed by atoms with van der Waals surface area (Å²) < 4.78 is 0. The molecule has 0 radical (unpaired) electrons. The van der Waals surface area contributed by atoms with Crippen molar-refractivity contribution in [1.29, 1.82) is 0 Å². The predicted octanol–water partition coefficient (Wildman–Crippen LogP) is 1.48. The van der Waals surface area contributed by atoms with Crippen molar-refractivity contribution in [2.75, 3.05) is 19.6 Å². The Labute approximate surface area is 132 Å². The highest BCUT2D eigenvalue weighted by Crippen LogP contribution is 2.14. The maximum absolute atomic E-state index is 11.9. The number of hydrogen-bond donors (Lipinski definition) is 4. The minimum Gasteiger partial charge on any atom is -0.507 e. The van der Waals surface area contributed by atoms with Gasteiger partial charge in [-0.2, -0.15) is 0 Å². The summed E-state index contributed by atoms with van der Waals surface area (Å²) in [5.74, 6) is 0.389. The van der Waals surface area contributed by atoms with Crippen molar-refractivity contribution in [3.63, 3.8) is 0 Å². The smallest absolute Gasteiger partial charge is 0.255 e. The van der Waals surface area contributed by atoms with E-state index in [4.69, 9.17) is 0 Å². The zero-order valence-corrected chi connectivity index (χ0v) is 13.7. The number of carbonyl (C=O) groups excluding carboxylic acids is 1. The van der Waals surface area contributed by atoms with E-state index in [1.54, 1.807) is 18.2 Å². The van der Waals surface area contributed by atoms with E-state index in [0.717, 1.165) is 6.54 Å². The molecule has 1 aromatic rings. The van der Waals surface area contributed by atoms with Gasteiger partial charge in [-0.15, -0.1) is 0 Å². The molecule has 0 aliphatic rings. The Balaban J connectivity index is 2.49. The molecule has 1 amide bonds. The van der Waals surface area contributed by atoms with Crippen molar-refractivity contribution in [2.24, 2.45) is 4.99 Å². The molecule has 0 atom stereocenters. The van der Waals surface area contributed by atoms with Crippen LogP contribution in [0.5, 0.6) is 5.75 Å². The number of amides is 1. The molecule has 0 aromatic heterocycles. The number of nitrogens with one attached hydrogen (secondary N) is 3. The van der Waals surface area contributed by atoms with E-state index in [2.05, 4.69) is 41.7 Å². The zero-order chi connectivity index (χ0) is 16.6. The summed E-state index contributed by atoms with van der Waals surface area (Å²) in [7, 11) is 0. The zero-order valence-electron chi connectivity index (χ0n) is 13.7. The summed E-state index contributed by atoms with van der Waals surface area (Å²) in [6, 6.07) is 6.46. The molecule has 1 rings (SSSR count). The first-order valence-corrected chi connectivity index (χ1v) is 7.46. The summed E-state index contributed by atoms with van der Waals surface area (Å²) in [4.78, 5) is 16.3. The molecule has 0 heterocycles. The Morgan fingerprint density at radius 1 is 1.23 bits per heavy atom. The lowest BCUT2D eigenvalue weighted by Crippen LogP contribution is -2.47. The number of para-hydroxylation sites is 1. The van der Waals surface area contributed by atoms with E-state index in [1.165, 1.54) is 6.07 Å². The fraction of sp³-hybridized carbons (Fsp3) is 0.500. The number of benzene rings is 1. The number of aliphatic imine (C=N–C) groups is 1. The maximum Gasteiger partial charge on any atom is 0.255 e. The molecular weight excluding hydrogens is 280 g/mol. The van der Waals surface area contributed by atoms with Crippen molar-refractivity contribution < 1.29 is 9.90 Å². The summed E-state index contributed by atoms with van der Waals surface area (Å²) in [6.45, 7) is 9.78. The first kappa shape index (κ1) is 17.8. The first-order valence-electron chi connectivity index (χ1n) is 7.46. The van der Waals surface area contributed by atoms with Crippen LogP contribution in [0.25, 0.3) is 0 Å². The molecule has 0 saturated carbocycles. The molecule has 0 saturated heterocycles. The third kappa shape index (κ3) is 6.47. The van der Waals surface area contributed by atoms with Gasteiger partial charge >= 0.3 is 0 Å². The third-order valence-electron chi connectivity index (χ3n) is 2.65. The van der Waals surface area contributed by atoms with Crippen LogP contribution < -0.4 is 16.0 Å². The van der Waals surface area contributed by atoms with Gasteiger partial charge in [-0.3, -0.25) is 9.79 Å².